The summed E-state index contributed by atoms with van der Waals surface area (Å²) in [6, 6.07) is 12.8. The zero-order valence-electron chi connectivity index (χ0n) is 32.6. The number of aromatic carboxylic acids is 3. The fourth-order valence-corrected chi connectivity index (χ4v) is 6.49. The number of hydrogen-bond acceptors (Lipinski definition) is 19. The maximum absolute atomic E-state index is 13.2. The molecule has 0 fully saturated rings. The van der Waals surface area contributed by atoms with E-state index in [0.717, 1.165) is 36.4 Å². The van der Waals surface area contributed by atoms with Crippen LogP contribution in [0.15, 0.2) is 120 Å². The van der Waals surface area contributed by atoms with Gasteiger partial charge < -0.3 is 45.2 Å². The van der Waals surface area contributed by atoms with Gasteiger partial charge in [-0.05, 0) is 72.1 Å². The quantitative estimate of drug-likeness (QED) is 0.0403. The van der Waals surface area contributed by atoms with Gasteiger partial charge in [0, 0.05) is 17.5 Å². The summed E-state index contributed by atoms with van der Waals surface area (Å²) < 4.78 is 46.7. The Morgan fingerprint density at radius 2 is 1.26 bits per heavy atom. The van der Waals surface area contributed by atoms with Gasteiger partial charge in [0.25, 0.3) is 16.0 Å². The molecule has 1 aliphatic heterocycles. The van der Waals surface area contributed by atoms with E-state index in [1.54, 1.807) is 0 Å². The number of rotatable bonds is 18. The number of nitrogens with zero attached hydrogens (tertiary/aromatic N) is 8. The fraction of sp³-hybridized carbons (Fsp3) is 0.128. The highest BCUT2D eigenvalue weighted by molar-refractivity contribution is 7.86. The minimum Gasteiger partial charge on any atom is -0.505 e. The topological polar surface area (TPSA) is 390 Å². The van der Waals surface area contributed by atoms with Crippen molar-refractivity contribution in [2.24, 2.45) is 35.8 Å². The number of anilines is 1. The number of carboxylic acids is 4. The van der Waals surface area contributed by atoms with E-state index < -0.39 is 86.8 Å². The first kappa shape index (κ1) is 45.9. The Morgan fingerprint density at radius 1 is 0.677 bits per heavy atom. The third kappa shape index (κ3) is 10.2. The summed E-state index contributed by atoms with van der Waals surface area (Å²) in [5.41, 5.74) is -3.25. The summed E-state index contributed by atoms with van der Waals surface area (Å²) >= 11 is 0. The molecule has 26 heteroatoms. The number of ether oxygens (including phenoxy) is 2. The number of carbonyl (C=O) groups excluding carboxylic acids is 1. The second-order valence-electron chi connectivity index (χ2n) is 13.0. The average molecular weight is 915 g/mol. The van der Waals surface area contributed by atoms with Crippen molar-refractivity contribution in [3.63, 3.8) is 0 Å². The number of aliphatic hydroxyl groups excluding tert-OH is 2. The van der Waals surface area contributed by atoms with E-state index >= 15 is 0 Å². The Hall–Kier alpha value is -8.59. The highest BCUT2D eigenvalue weighted by Crippen LogP contribution is 2.45. The maximum atomic E-state index is 13.2. The number of aromatic hydroxyl groups is 1. The Bertz CT molecular complexity index is 3010. The molecular formula is C39H30N8O17S. The zero-order valence-corrected chi connectivity index (χ0v) is 33.5. The lowest BCUT2D eigenvalue weighted by molar-refractivity contribution is -0.130. The first-order chi connectivity index (χ1) is 30.9. The van der Waals surface area contributed by atoms with E-state index in [9.17, 15) is 67.6 Å². The number of carbonyl (C=O) groups is 5. The van der Waals surface area contributed by atoms with Crippen LogP contribution in [0.1, 0.15) is 31.1 Å². The van der Waals surface area contributed by atoms with E-state index in [4.69, 9.17) is 14.6 Å². The van der Waals surface area contributed by atoms with Gasteiger partial charge in [-0.3, -0.25) is 9.35 Å². The summed E-state index contributed by atoms with van der Waals surface area (Å²) in [6.07, 6.45) is 0. The van der Waals surface area contributed by atoms with Crippen LogP contribution in [-0.2, 0) is 19.7 Å². The van der Waals surface area contributed by atoms with E-state index in [1.807, 2.05) is 0 Å². The number of hydrogen-bond donors (Lipinski definition) is 8. The molecule has 334 valence electrons. The summed E-state index contributed by atoms with van der Waals surface area (Å²) in [7, 11) is -5.21. The molecule has 1 atom stereocenters. The van der Waals surface area contributed by atoms with Crippen molar-refractivity contribution in [1.82, 2.24) is 0 Å². The zero-order chi connectivity index (χ0) is 47.2. The van der Waals surface area contributed by atoms with Crippen LogP contribution in [0, 0.1) is 0 Å². The van der Waals surface area contributed by atoms with Crippen LogP contribution >= 0.6 is 0 Å². The molecule has 0 aliphatic carbocycles. The van der Waals surface area contributed by atoms with Crippen molar-refractivity contribution in [3.05, 3.63) is 95.6 Å². The molecule has 1 aliphatic rings. The third-order valence-electron chi connectivity index (χ3n) is 8.83. The van der Waals surface area contributed by atoms with Crippen molar-refractivity contribution in [1.29, 1.82) is 0 Å². The predicted octanol–water partition coefficient (Wildman–Crippen LogP) is 5.40. The van der Waals surface area contributed by atoms with E-state index in [1.165, 1.54) is 42.5 Å². The molecule has 1 amide bonds. The van der Waals surface area contributed by atoms with Crippen molar-refractivity contribution in [3.8, 4) is 17.2 Å². The van der Waals surface area contributed by atoms with E-state index in [2.05, 4.69) is 35.8 Å². The molecule has 0 saturated heterocycles. The van der Waals surface area contributed by atoms with Crippen LogP contribution in [0.5, 0.6) is 17.2 Å². The molecule has 0 aromatic heterocycles. The van der Waals surface area contributed by atoms with Crippen LogP contribution in [0.2, 0.25) is 0 Å². The van der Waals surface area contributed by atoms with E-state index in [0.29, 0.717) is 5.01 Å². The van der Waals surface area contributed by atoms with Gasteiger partial charge in [-0.25, -0.2) is 19.2 Å². The third-order valence-corrected chi connectivity index (χ3v) is 9.69. The number of carboxylic acid groups (broad SMARTS) is 4. The Morgan fingerprint density at radius 3 is 1.82 bits per heavy atom. The van der Waals surface area contributed by atoms with Crippen molar-refractivity contribution in [2.45, 2.75) is 10.9 Å². The fourth-order valence-electron chi connectivity index (χ4n) is 5.83. The Labute approximate surface area is 362 Å². The standard InChI is InChI=1S/C39H30N8O17S/c48-9-11-63-28-17-27(29(64-12-10-49)16-26(28)42-41-25-14-19(37(54)55)3-7-24(25)38(56)57)43-44-31-30(65(60,61)62)15-20-13-21(4-8-23(20)34(31)50)40-45-32-33(39(58)59)46-47(35(32)51)22-5-1-18(2-6-22)36(52)53/h1-8,13-17,32,48-50H,9-12H2,(H,52,53)(H,54,55)(H,56,57)(H,58,59)(H,60,61,62). The molecule has 1 heterocycles. The molecule has 8 N–H and O–H groups in total. The molecule has 5 aromatic rings. The van der Waals surface area contributed by atoms with Gasteiger partial charge in [0.15, 0.2) is 11.5 Å². The molecule has 0 radical (unpaired) electrons. The van der Waals surface area contributed by atoms with Gasteiger partial charge in [-0.1, -0.05) is 0 Å². The second-order valence-corrected chi connectivity index (χ2v) is 14.4. The highest BCUT2D eigenvalue weighted by Gasteiger charge is 2.41. The van der Waals surface area contributed by atoms with Crippen LogP contribution in [0.3, 0.4) is 0 Å². The maximum Gasteiger partial charge on any atom is 0.355 e. The summed E-state index contributed by atoms with van der Waals surface area (Å²) in [4.78, 5) is 58.8. The molecular weight excluding hydrogens is 885 g/mol. The lowest BCUT2D eigenvalue weighted by atomic mass is 10.1. The van der Waals surface area contributed by atoms with Crippen molar-refractivity contribution >= 4 is 90.5 Å². The summed E-state index contributed by atoms with van der Waals surface area (Å²) in [5.74, 6) is -7.92. The molecule has 0 spiro atoms. The SMILES string of the molecule is O=C(O)C1=NN(c2ccc(C(=O)O)cc2)C(=O)C1N=Nc1ccc2c(O)c(N=Nc3cc(OCCO)c(N=Nc4cc(C(=O)O)ccc4C(=O)O)cc3OCCO)c(S(=O)(=O)O)cc2c1. The highest BCUT2D eigenvalue weighted by atomic mass is 32.2. The number of fused-ring (bicyclic) bond motifs is 1. The minimum atomic E-state index is -5.21. The number of amides is 1. The second kappa shape index (κ2) is 19.2. The first-order valence-electron chi connectivity index (χ1n) is 18.2. The number of aliphatic hydroxyl groups is 2. The summed E-state index contributed by atoms with van der Waals surface area (Å²) in [6.45, 7) is -1.77. The number of azo groups is 3. The normalized spacial score (nSPS) is 14.1. The minimum absolute atomic E-state index is 0.0339. The Balaban J connectivity index is 1.37. The Kier molecular flexibility index (Phi) is 13.6. The lowest BCUT2D eigenvalue weighted by Crippen LogP contribution is -2.33. The van der Waals surface area contributed by atoms with Gasteiger partial charge in [0.05, 0.1) is 41.3 Å². The number of phenols is 1. The van der Waals surface area contributed by atoms with Gasteiger partial charge in [0.2, 0.25) is 6.04 Å². The van der Waals surface area contributed by atoms with Gasteiger partial charge in [-0.2, -0.15) is 28.8 Å². The monoisotopic (exact) mass is 914 g/mol. The molecule has 5 aromatic carbocycles. The van der Waals surface area contributed by atoms with Crippen LogP contribution < -0.4 is 14.5 Å². The molecule has 65 heavy (non-hydrogen) atoms. The largest absolute Gasteiger partial charge is 0.505 e. The van der Waals surface area contributed by atoms with Gasteiger partial charge >= 0.3 is 23.9 Å². The molecule has 1 unspecified atom stereocenters. The average Bonchev–Trinajstić information content (AvgIpc) is 3.61. The van der Waals surface area contributed by atoms with Gasteiger partial charge in [0.1, 0.15) is 52.4 Å². The molecule has 25 nitrogen and oxygen atoms in total. The van der Waals surface area contributed by atoms with Crippen molar-refractivity contribution < 1.29 is 82.2 Å². The first-order valence-corrected chi connectivity index (χ1v) is 19.6. The van der Waals surface area contributed by atoms with Crippen molar-refractivity contribution in [2.75, 3.05) is 31.4 Å². The molecule has 0 saturated carbocycles. The lowest BCUT2D eigenvalue weighted by Gasteiger charge is -2.13. The number of phenolic OH excluding ortho intramolecular Hbond substituents is 1. The van der Waals surface area contributed by atoms with Gasteiger partial charge in [-0.15, -0.1) is 20.5 Å². The number of benzene rings is 5. The van der Waals surface area contributed by atoms with Crippen LogP contribution in [-0.4, -0.2) is 117 Å². The van der Waals surface area contributed by atoms with Crippen LogP contribution in [0.4, 0.5) is 34.1 Å². The van der Waals surface area contributed by atoms with E-state index in [-0.39, 0.29) is 75.0 Å². The number of aliphatic carboxylic acids is 1. The van der Waals surface area contributed by atoms with Crippen LogP contribution in [0.25, 0.3) is 10.8 Å². The molecule has 6 rings (SSSR count). The molecule has 0 bridgehead atoms. The predicted molar refractivity (Wildman–Crippen MR) is 220 cm³/mol. The smallest absolute Gasteiger partial charge is 0.355 e. The summed E-state index contributed by atoms with van der Waals surface area (Å²) in [5, 5.41) is 96.0. The number of hydrazone groups is 1.